The van der Waals surface area contributed by atoms with Crippen LogP contribution in [0.15, 0.2) is 22.7 Å². The Morgan fingerprint density at radius 2 is 2.21 bits per heavy atom. The van der Waals surface area contributed by atoms with E-state index in [1.165, 1.54) is 7.11 Å². The largest absolute Gasteiger partial charge is 0.467 e. The predicted molar refractivity (Wildman–Crippen MR) is 77.7 cm³/mol. The van der Waals surface area contributed by atoms with Crippen LogP contribution < -0.4 is 5.32 Å². The van der Waals surface area contributed by atoms with Crippen molar-refractivity contribution in [1.29, 1.82) is 5.26 Å². The summed E-state index contributed by atoms with van der Waals surface area (Å²) in [5.41, 5.74) is 1.34. The number of carbonyl (C=O) groups excluding carboxylic acids is 1. The van der Waals surface area contributed by atoms with E-state index in [2.05, 4.69) is 27.3 Å². The fraction of sp³-hybridized carbons (Fsp3) is 0.429. The molecule has 0 fully saturated rings. The van der Waals surface area contributed by atoms with Crippen LogP contribution in [0.4, 0.5) is 5.69 Å². The van der Waals surface area contributed by atoms with Crippen LogP contribution in [0.25, 0.3) is 0 Å². The lowest BCUT2D eigenvalue weighted by Gasteiger charge is -2.19. The second-order valence-electron chi connectivity index (χ2n) is 4.66. The molecule has 0 aliphatic carbocycles. The van der Waals surface area contributed by atoms with Crippen LogP contribution in [-0.2, 0) is 9.53 Å². The van der Waals surface area contributed by atoms with E-state index in [1.807, 2.05) is 13.8 Å². The van der Waals surface area contributed by atoms with Crippen molar-refractivity contribution in [2.24, 2.45) is 5.92 Å². The summed E-state index contributed by atoms with van der Waals surface area (Å²) in [5, 5.41) is 12.0. The molecule has 0 bridgehead atoms. The molecule has 1 unspecified atom stereocenters. The first-order valence-corrected chi connectivity index (χ1v) is 6.81. The number of nitrogens with one attached hydrogen (secondary N) is 1. The van der Waals surface area contributed by atoms with Crippen LogP contribution in [0, 0.1) is 17.2 Å². The van der Waals surface area contributed by atoms with Gasteiger partial charge in [0.2, 0.25) is 0 Å². The molecule has 0 radical (unpaired) electrons. The van der Waals surface area contributed by atoms with E-state index in [0.717, 1.165) is 5.69 Å². The highest BCUT2D eigenvalue weighted by Crippen LogP contribution is 2.22. The van der Waals surface area contributed by atoms with Gasteiger partial charge >= 0.3 is 5.97 Å². The standard InChI is InChI=1S/C14H17BrN2O2/c1-9(2)6-13(14(18)19-3)17-11-5-4-10(8-16)12(15)7-11/h4-5,7,9,13,17H,6H2,1-3H3. The molecule has 0 aliphatic rings. The average Bonchev–Trinajstić information content (AvgIpc) is 2.36. The summed E-state index contributed by atoms with van der Waals surface area (Å²) in [7, 11) is 1.38. The molecule has 0 aliphatic heterocycles. The van der Waals surface area contributed by atoms with E-state index in [-0.39, 0.29) is 12.0 Å². The van der Waals surface area contributed by atoms with Gasteiger partial charge in [-0.1, -0.05) is 13.8 Å². The topological polar surface area (TPSA) is 62.1 Å². The normalized spacial score (nSPS) is 11.8. The maximum Gasteiger partial charge on any atom is 0.328 e. The minimum atomic E-state index is -0.384. The Morgan fingerprint density at radius 3 is 2.68 bits per heavy atom. The summed E-state index contributed by atoms with van der Waals surface area (Å²) >= 11 is 3.32. The van der Waals surface area contributed by atoms with Gasteiger partial charge in [-0.15, -0.1) is 0 Å². The number of ether oxygens (including phenoxy) is 1. The summed E-state index contributed by atoms with van der Waals surface area (Å²) in [6.45, 7) is 4.10. The van der Waals surface area contributed by atoms with Gasteiger partial charge in [0.1, 0.15) is 12.1 Å². The van der Waals surface area contributed by atoms with Gasteiger partial charge < -0.3 is 10.1 Å². The number of nitrogens with zero attached hydrogens (tertiary/aromatic N) is 1. The zero-order valence-electron chi connectivity index (χ0n) is 11.2. The van der Waals surface area contributed by atoms with Crippen molar-refractivity contribution in [3.63, 3.8) is 0 Å². The fourth-order valence-electron chi connectivity index (χ4n) is 1.72. The van der Waals surface area contributed by atoms with Crippen LogP contribution in [0.3, 0.4) is 0 Å². The molecule has 1 aromatic carbocycles. The quantitative estimate of drug-likeness (QED) is 0.844. The lowest BCUT2D eigenvalue weighted by Crippen LogP contribution is -2.32. The average molecular weight is 325 g/mol. The zero-order chi connectivity index (χ0) is 14.4. The molecule has 1 rings (SSSR count). The van der Waals surface area contributed by atoms with E-state index in [1.54, 1.807) is 18.2 Å². The molecule has 19 heavy (non-hydrogen) atoms. The third kappa shape index (κ3) is 4.56. The molecule has 5 heteroatoms. The number of nitriles is 1. The Hall–Kier alpha value is -1.54. The molecule has 1 aromatic rings. The Morgan fingerprint density at radius 1 is 1.53 bits per heavy atom. The minimum absolute atomic E-state index is 0.283. The smallest absolute Gasteiger partial charge is 0.328 e. The number of anilines is 1. The number of hydrogen-bond acceptors (Lipinski definition) is 4. The maximum absolute atomic E-state index is 11.7. The number of benzene rings is 1. The number of halogens is 1. The molecule has 0 amide bonds. The summed E-state index contributed by atoms with van der Waals surface area (Å²) < 4.78 is 5.50. The summed E-state index contributed by atoms with van der Waals surface area (Å²) in [6.07, 6.45) is 0.685. The molecule has 1 atom stereocenters. The Bertz CT molecular complexity index is 495. The molecule has 1 N–H and O–H groups in total. The van der Waals surface area contributed by atoms with Crippen LogP contribution in [0.2, 0.25) is 0 Å². The van der Waals surface area contributed by atoms with Gasteiger partial charge in [0, 0.05) is 10.2 Å². The predicted octanol–water partition coefficient (Wildman–Crippen LogP) is 3.32. The van der Waals surface area contributed by atoms with Crippen LogP contribution in [0.5, 0.6) is 0 Å². The van der Waals surface area contributed by atoms with Gasteiger partial charge in [-0.2, -0.15) is 5.26 Å². The number of esters is 1. The fourth-order valence-corrected chi connectivity index (χ4v) is 2.19. The van der Waals surface area contributed by atoms with Gasteiger partial charge in [0.15, 0.2) is 0 Å². The summed E-state index contributed by atoms with van der Waals surface area (Å²) in [4.78, 5) is 11.7. The van der Waals surface area contributed by atoms with Gasteiger partial charge in [0.05, 0.1) is 12.7 Å². The van der Waals surface area contributed by atoms with Crippen molar-refractivity contribution in [3.05, 3.63) is 28.2 Å². The van der Waals surface area contributed by atoms with Gasteiger partial charge in [-0.25, -0.2) is 4.79 Å². The van der Waals surface area contributed by atoms with Crippen molar-refractivity contribution < 1.29 is 9.53 Å². The molecule has 0 saturated carbocycles. The monoisotopic (exact) mass is 324 g/mol. The van der Waals surface area contributed by atoms with E-state index in [0.29, 0.717) is 22.4 Å². The molecule has 102 valence electrons. The second kappa shape index (κ2) is 7.15. The van der Waals surface area contributed by atoms with Crippen molar-refractivity contribution in [3.8, 4) is 6.07 Å². The van der Waals surface area contributed by atoms with Gasteiger partial charge in [-0.05, 0) is 46.5 Å². The van der Waals surface area contributed by atoms with E-state index in [9.17, 15) is 4.79 Å². The highest BCUT2D eigenvalue weighted by molar-refractivity contribution is 9.10. The van der Waals surface area contributed by atoms with Crippen molar-refractivity contribution in [2.45, 2.75) is 26.3 Å². The molecular formula is C14H17BrN2O2. The summed E-state index contributed by atoms with van der Waals surface area (Å²) in [5.74, 6) is 0.0904. The second-order valence-corrected chi connectivity index (χ2v) is 5.51. The number of methoxy groups -OCH3 is 1. The first kappa shape index (κ1) is 15.5. The van der Waals surface area contributed by atoms with E-state index >= 15 is 0 Å². The zero-order valence-corrected chi connectivity index (χ0v) is 12.8. The summed E-state index contributed by atoms with van der Waals surface area (Å²) in [6, 6.07) is 6.96. The maximum atomic E-state index is 11.7. The lowest BCUT2D eigenvalue weighted by atomic mass is 10.0. The first-order valence-electron chi connectivity index (χ1n) is 6.02. The highest BCUT2D eigenvalue weighted by Gasteiger charge is 2.20. The van der Waals surface area contributed by atoms with Crippen molar-refractivity contribution in [2.75, 3.05) is 12.4 Å². The highest BCUT2D eigenvalue weighted by atomic mass is 79.9. The Kier molecular flexibility index (Phi) is 5.84. The van der Waals surface area contributed by atoms with Crippen molar-refractivity contribution in [1.82, 2.24) is 0 Å². The number of hydrogen-bond donors (Lipinski definition) is 1. The molecule has 0 aromatic heterocycles. The number of rotatable bonds is 5. The molecule has 0 spiro atoms. The Balaban J connectivity index is 2.87. The Labute approximate surface area is 121 Å². The number of carbonyl (C=O) groups is 1. The third-order valence-corrected chi connectivity index (χ3v) is 3.28. The van der Waals surface area contributed by atoms with E-state index in [4.69, 9.17) is 10.00 Å². The van der Waals surface area contributed by atoms with Gasteiger partial charge in [-0.3, -0.25) is 0 Å². The first-order chi connectivity index (χ1) is 8.97. The minimum Gasteiger partial charge on any atom is -0.467 e. The lowest BCUT2D eigenvalue weighted by molar-refractivity contribution is -0.141. The van der Waals surface area contributed by atoms with Crippen LogP contribution >= 0.6 is 15.9 Å². The van der Waals surface area contributed by atoms with Crippen LogP contribution in [-0.4, -0.2) is 19.1 Å². The SMILES string of the molecule is COC(=O)C(CC(C)C)Nc1ccc(C#N)c(Br)c1. The molecule has 0 heterocycles. The molecule has 0 saturated heterocycles. The molecule has 4 nitrogen and oxygen atoms in total. The van der Waals surface area contributed by atoms with E-state index < -0.39 is 0 Å². The molecular weight excluding hydrogens is 308 g/mol. The van der Waals surface area contributed by atoms with Gasteiger partial charge in [0.25, 0.3) is 0 Å². The van der Waals surface area contributed by atoms with Crippen molar-refractivity contribution >= 4 is 27.6 Å². The van der Waals surface area contributed by atoms with Crippen LogP contribution in [0.1, 0.15) is 25.8 Å². The third-order valence-electron chi connectivity index (χ3n) is 2.62.